The van der Waals surface area contributed by atoms with Gasteiger partial charge in [0.25, 0.3) is 0 Å². The van der Waals surface area contributed by atoms with Gasteiger partial charge >= 0.3 is 0 Å². The fraction of sp³-hybridized carbons (Fsp3) is 0.294. The van der Waals surface area contributed by atoms with Crippen molar-refractivity contribution < 1.29 is 4.39 Å². The molecule has 2 aromatic rings. The Morgan fingerprint density at radius 2 is 1.65 bits per heavy atom. The Balaban J connectivity index is 2.44. The Kier molecular flexibility index (Phi) is 4.79. The van der Waals surface area contributed by atoms with E-state index < -0.39 is 0 Å². The van der Waals surface area contributed by atoms with Gasteiger partial charge in [-0.2, -0.15) is 0 Å². The summed E-state index contributed by atoms with van der Waals surface area (Å²) in [6.45, 7) is 6.57. The predicted octanol–water partition coefficient (Wildman–Crippen LogP) is 4.79. The molecule has 0 saturated heterocycles. The summed E-state index contributed by atoms with van der Waals surface area (Å²) >= 11 is 6.20. The van der Waals surface area contributed by atoms with Crippen molar-refractivity contribution in [3.63, 3.8) is 0 Å². The monoisotopic (exact) mass is 291 g/mol. The highest BCUT2D eigenvalue weighted by atomic mass is 35.5. The third kappa shape index (κ3) is 3.20. The van der Waals surface area contributed by atoms with Gasteiger partial charge in [0.1, 0.15) is 5.82 Å². The molecule has 0 spiro atoms. The molecule has 1 unspecified atom stereocenters. The lowest BCUT2D eigenvalue weighted by molar-refractivity contribution is 0.597. The Hall–Kier alpha value is -1.38. The van der Waals surface area contributed by atoms with Crippen LogP contribution in [-0.4, -0.2) is 6.54 Å². The van der Waals surface area contributed by atoms with Crippen LogP contribution < -0.4 is 5.32 Å². The number of hydrogen-bond acceptors (Lipinski definition) is 1. The van der Waals surface area contributed by atoms with Crippen molar-refractivity contribution in [1.82, 2.24) is 5.32 Å². The van der Waals surface area contributed by atoms with Gasteiger partial charge in [-0.1, -0.05) is 42.8 Å². The van der Waals surface area contributed by atoms with Crippen LogP contribution in [0.1, 0.15) is 35.2 Å². The molecule has 0 aromatic heterocycles. The molecule has 1 atom stereocenters. The highest BCUT2D eigenvalue weighted by Gasteiger charge is 2.15. The van der Waals surface area contributed by atoms with Gasteiger partial charge in [0.2, 0.25) is 0 Å². The third-order valence-corrected chi connectivity index (χ3v) is 3.87. The zero-order valence-corrected chi connectivity index (χ0v) is 12.8. The van der Waals surface area contributed by atoms with E-state index in [1.165, 1.54) is 0 Å². The molecule has 0 aliphatic carbocycles. The van der Waals surface area contributed by atoms with Gasteiger partial charge in [-0.15, -0.1) is 0 Å². The second-order valence-corrected chi connectivity index (χ2v) is 5.42. The van der Waals surface area contributed by atoms with Crippen LogP contribution in [0.2, 0.25) is 5.02 Å². The Morgan fingerprint density at radius 3 is 2.20 bits per heavy atom. The van der Waals surface area contributed by atoms with Crippen molar-refractivity contribution in [2.24, 2.45) is 0 Å². The van der Waals surface area contributed by atoms with E-state index in [1.807, 2.05) is 44.2 Å². The fourth-order valence-corrected chi connectivity index (χ4v) is 2.40. The molecule has 2 rings (SSSR count). The summed E-state index contributed by atoms with van der Waals surface area (Å²) in [4.78, 5) is 0. The van der Waals surface area contributed by atoms with Crippen molar-refractivity contribution >= 4 is 11.6 Å². The normalized spacial score (nSPS) is 12.4. The lowest BCUT2D eigenvalue weighted by Crippen LogP contribution is -2.22. The van der Waals surface area contributed by atoms with Crippen LogP contribution in [0.15, 0.2) is 36.4 Å². The van der Waals surface area contributed by atoms with E-state index in [0.29, 0.717) is 5.56 Å². The highest BCUT2D eigenvalue weighted by molar-refractivity contribution is 6.31. The molecule has 0 fully saturated rings. The molecule has 3 heteroatoms. The molecule has 0 heterocycles. The van der Waals surface area contributed by atoms with Crippen molar-refractivity contribution in [3.05, 3.63) is 69.5 Å². The van der Waals surface area contributed by atoms with E-state index in [0.717, 1.165) is 28.3 Å². The van der Waals surface area contributed by atoms with Gasteiger partial charge in [0, 0.05) is 5.02 Å². The van der Waals surface area contributed by atoms with E-state index >= 15 is 0 Å². The van der Waals surface area contributed by atoms with Crippen LogP contribution in [0.25, 0.3) is 0 Å². The first-order valence-corrected chi connectivity index (χ1v) is 7.16. The number of nitrogens with one attached hydrogen (secondary N) is 1. The van der Waals surface area contributed by atoms with E-state index in [2.05, 4.69) is 5.32 Å². The maximum Gasteiger partial charge on any atom is 0.126 e. The molecule has 0 aliphatic rings. The van der Waals surface area contributed by atoms with Crippen LogP contribution in [0.5, 0.6) is 0 Å². The Bertz CT molecular complexity index is 558. The first-order chi connectivity index (χ1) is 9.52. The van der Waals surface area contributed by atoms with Crippen molar-refractivity contribution in [2.45, 2.75) is 26.8 Å². The van der Waals surface area contributed by atoms with E-state index in [4.69, 9.17) is 11.6 Å². The van der Waals surface area contributed by atoms with Crippen LogP contribution in [0.3, 0.4) is 0 Å². The van der Waals surface area contributed by atoms with Crippen LogP contribution in [0, 0.1) is 19.7 Å². The standard InChI is InChI=1S/C17H19ClFN/c1-4-20-17(13-7-5-11(2)15(18)9-13)14-8-6-12(3)16(19)10-14/h5-10,17,20H,4H2,1-3H3. The Morgan fingerprint density at radius 1 is 1.05 bits per heavy atom. The topological polar surface area (TPSA) is 12.0 Å². The molecule has 1 nitrogen and oxygen atoms in total. The maximum absolute atomic E-state index is 13.8. The van der Waals surface area contributed by atoms with Gasteiger partial charge in [-0.25, -0.2) is 4.39 Å². The van der Waals surface area contributed by atoms with Gasteiger partial charge in [0.15, 0.2) is 0 Å². The molecule has 0 amide bonds. The SMILES string of the molecule is CCNC(c1ccc(C)c(F)c1)c1ccc(C)c(Cl)c1. The van der Waals surface area contributed by atoms with Gasteiger partial charge in [-0.3, -0.25) is 0 Å². The lowest BCUT2D eigenvalue weighted by atomic mass is 9.96. The van der Waals surface area contributed by atoms with Crippen molar-refractivity contribution in [3.8, 4) is 0 Å². The summed E-state index contributed by atoms with van der Waals surface area (Å²) < 4.78 is 13.8. The average molecular weight is 292 g/mol. The average Bonchev–Trinajstić information content (AvgIpc) is 2.43. The molecule has 0 aliphatic heterocycles. The van der Waals surface area contributed by atoms with E-state index in [9.17, 15) is 4.39 Å². The second kappa shape index (κ2) is 6.38. The van der Waals surface area contributed by atoms with Crippen LogP contribution >= 0.6 is 11.6 Å². The molecule has 0 radical (unpaired) electrons. The van der Waals surface area contributed by atoms with E-state index in [-0.39, 0.29) is 11.9 Å². The number of hydrogen-bond donors (Lipinski definition) is 1. The second-order valence-electron chi connectivity index (χ2n) is 5.01. The largest absolute Gasteiger partial charge is 0.307 e. The molecule has 2 aromatic carbocycles. The van der Waals surface area contributed by atoms with Gasteiger partial charge < -0.3 is 5.32 Å². The number of halogens is 2. The van der Waals surface area contributed by atoms with Crippen molar-refractivity contribution in [1.29, 1.82) is 0 Å². The molecular formula is C17H19ClFN. The van der Waals surface area contributed by atoms with Crippen molar-refractivity contribution in [2.75, 3.05) is 6.54 Å². The predicted molar refractivity (Wildman–Crippen MR) is 82.8 cm³/mol. The zero-order valence-electron chi connectivity index (χ0n) is 12.0. The van der Waals surface area contributed by atoms with Gasteiger partial charge in [0.05, 0.1) is 6.04 Å². The summed E-state index contributed by atoms with van der Waals surface area (Å²) in [6.07, 6.45) is 0. The molecule has 1 N–H and O–H groups in total. The summed E-state index contributed by atoms with van der Waals surface area (Å²) in [6, 6.07) is 11.3. The fourth-order valence-electron chi connectivity index (χ4n) is 2.21. The molecule has 0 saturated carbocycles. The van der Waals surface area contributed by atoms with E-state index in [1.54, 1.807) is 13.0 Å². The zero-order chi connectivity index (χ0) is 14.7. The first kappa shape index (κ1) is 15.0. The third-order valence-electron chi connectivity index (χ3n) is 3.47. The molecular weight excluding hydrogens is 273 g/mol. The van der Waals surface area contributed by atoms with Crippen LogP contribution in [-0.2, 0) is 0 Å². The van der Waals surface area contributed by atoms with Gasteiger partial charge in [-0.05, 0) is 54.8 Å². The highest BCUT2D eigenvalue weighted by Crippen LogP contribution is 2.27. The molecule has 20 heavy (non-hydrogen) atoms. The number of benzene rings is 2. The Labute approximate surface area is 124 Å². The first-order valence-electron chi connectivity index (χ1n) is 6.78. The minimum Gasteiger partial charge on any atom is -0.307 e. The summed E-state index contributed by atoms with van der Waals surface area (Å²) in [7, 11) is 0. The van der Waals surface area contributed by atoms with Crippen LogP contribution in [0.4, 0.5) is 4.39 Å². The number of aryl methyl sites for hydroxylation is 2. The molecule has 106 valence electrons. The minimum atomic E-state index is -0.177. The minimum absolute atomic E-state index is 0.0480. The maximum atomic E-state index is 13.8. The quantitative estimate of drug-likeness (QED) is 0.853. The summed E-state index contributed by atoms with van der Waals surface area (Å²) in [5.74, 6) is -0.177. The lowest BCUT2D eigenvalue weighted by Gasteiger charge is -2.20. The smallest absolute Gasteiger partial charge is 0.126 e. The number of rotatable bonds is 4. The summed E-state index contributed by atoms with van der Waals surface area (Å²) in [5.41, 5.74) is 3.66. The summed E-state index contributed by atoms with van der Waals surface area (Å²) in [5, 5.41) is 4.12. The molecule has 0 bridgehead atoms.